The fraction of sp³-hybridized carbons (Fsp3) is 0.294. The third kappa shape index (κ3) is 4.50. The Bertz CT molecular complexity index is 982. The molecular weight excluding hydrogens is 413 g/mol. The van der Waals surface area contributed by atoms with Crippen LogP contribution < -0.4 is 14.4 Å². The van der Waals surface area contributed by atoms with E-state index in [2.05, 4.69) is 25.0 Å². The highest BCUT2D eigenvalue weighted by atomic mass is 35.5. The lowest BCUT2D eigenvalue weighted by atomic mass is 10.2. The number of hydrogen-bond acceptors (Lipinski definition) is 7. The number of anilines is 1. The standard InChI is InChI=1S/C17H14ClF3N6O2/c18-14-2-1-12(3-15(14)29-16(20)21)27-8-11(24-25-27)9-28-17-22-4-13(5-23-17)26-6-10(19)7-26/h1-5,8,10,16H,6-7,9H2. The van der Waals surface area contributed by atoms with Gasteiger partial charge in [0.25, 0.3) is 0 Å². The molecular formula is C17H14ClF3N6O2. The minimum Gasteiger partial charge on any atom is -0.457 e. The van der Waals surface area contributed by atoms with E-state index in [1.165, 1.54) is 16.8 Å². The van der Waals surface area contributed by atoms with Crippen molar-refractivity contribution >= 4 is 17.3 Å². The molecule has 1 aliphatic heterocycles. The van der Waals surface area contributed by atoms with Gasteiger partial charge in [0.15, 0.2) is 0 Å². The summed E-state index contributed by atoms with van der Waals surface area (Å²) < 4.78 is 49.0. The van der Waals surface area contributed by atoms with Crippen LogP contribution in [0.4, 0.5) is 18.9 Å². The van der Waals surface area contributed by atoms with Gasteiger partial charge in [-0.1, -0.05) is 16.8 Å². The highest BCUT2D eigenvalue weighted by Gasteiger charge is 2.26. The molecule has 3 aromatic rings. The number of ether oxygens (including phenoxy) is 2. The predicted octanol–water partition coefficient (Wildman–Crippen LogP) is 3.05. The van der Waals surface area contributed by atoms with Gasteiger partial charge in [-0.3, -0.25) is 0 Å². The molecule has 0 atom stereocenters. The molecule has 1 aliphatic rings. The minimum atomic E-state index is -2.99. The number of rotatable bonds is 7. The maximum absolute atomic E-state index is 12.9. The molecule has 1 fully saturated rings. The molecule has 0 amide bonds. The van der Waals surface area contributed by atoms with E-state index in [0.29, 0.717) is 24.5 Å². The first-order chi connectivity index (χ1) is 14.0. The van der Waals surface area contributed by atoms with Crippen LogP contribution >= 0.6 is 11.6 Å². The Morgan fingerprint density at radius 2 is 1.93 bits per heavy atom. The summed E-state index contributed by atoms with van der Waals surface area (Å²) in [5, 5.41) is 7.94. The van der Waals surface area contributed by atoms with Crippen molar-refractivity contribution in [3.05, 3.63) is 47.5 Å². The van der Waals surface area contributed by atoms with Crippen LogP contribution in [-0.2, 0) is 6.61 Å². The molecule has 0 saturated carbocycles. The Morgan fingerprint density at radius 3 is 2.62 bits per heavy atom. The SMILES string of the molecule is FC1CN(c2cnc(OCc3cn(-c4ccc(Cl)c(OC(F)F)c4)nn3)nc2)C1. The molecule has 152 valence electrons. The van der Waals surface area contributed by atoms with Crippen LogP contribution in [-0.4, -0.2) is 50.8 Å². The van der Waals surface area contributed by atoms with Gasteiger partial charge in [-0.15, -0.1) is 5.10 Å². The molecule has 3 heterocycles. The van der Waals surface area contributed by atoms with Crippen molar-refractivity contribution in [2.75, 3.05) is 18.0 Å². The Hall–Kier alpha value is -3.08. The average molecular weight is 427 g/mol. The van der Waals surface area contributed by atoms with Gasteiger partial charge in [-0.2, -0.15) is 8.78 Å². The van der Waals surface area contributed by atoms with Gasteiger partial charge in [0.1, 0.15) is 24.2 Å². The quantitative estimate of drug-likeness (QED) is 0.574. The highest BCUT2D eigenvalue weighted by Crippen LogP contribution is 2.28. The van der Waals surface area contributed by atoms with E-state index in [1.807, 2.05) is 4.90 Å². The zero-order chi connectivity index (χ0) is 20.4. The van der Waals surface area contributed by atoms with E-state index in [4.69, 9.17) is 16.3 Å². The Balaban J connectivity index is 1.38. The third-order valence-corrected chi connectivity index (χ3v) is 4.41. The summed E-state index contributed by atoms with van der Waals surface area (Å²) in [5.41, 5.74) is 1.62. The smallest absolute Gasteiger partial charge is 0.387 e. The van der Waals surface area contributed by atoms with E-state index >= 15 is 0 Å². The molecule has 0 aliphatic carbocycles. The summed E-state index contributed by atoms with van der Waals surface area (Å²) in [4.78, 5) is 9.98. The Kier molecular flexibility index (Phi) is 5.38. The van der Waals surface area contributed by atoms with Gasteiger partial charge in [-0.25, -0.2) is 19.0 Å². The van der Waals surface area contributed by atoms with E-state index in [0.717, 1.165) is 5.69 Å². The van der Waals surface area contributed by atoms with Crippen molar-refractivity contribution in [2.24, 2.45) is 0 Å². The number of aromatic nitrogens is 5. The zero-order valence-electron chi connectivity index (χ0n) is 14.8. The number of nitrogens with zero attached hydrogens (tertiary/aromatic N) is 6. The molecule has 0 unspecified atom stereocenters. The first kappa shape index (κ1) is 19.2. The second-order valence-electron chi connectivity index (χ2n) is 6.16. The van der Waals surface area contributed by atoms with Crippen LogP contribution in [0.25, 0.3) is 5.69 Å². The molecule has 1 aromatic carbocycles. The lowest BCUT2D eigenvalue weighted by Gasteiger charge is -2.35. The lowest BCUT2D eigenvalue weighted by Crippen LogP contribution is -2.48. The summed E-state index contributed by atoms with van der Waals surface area (Å²) in [6.07, 6.45) is 3.87. The van der Waals surface area contributed by atoms with Gasteiger partial charge in [-0.05, 0) is 12.1 Å². The number of benzene rings is 1. The minimum absolute atomic E-state index is 0.0452. The number of alkyl halides is 3. The van der Waals surface area contributed by atoms with Crippen LogP contribution in [0.2, 0.25) is 5.02 Å². The second-order valence-corrected chi connectivity index (χ2v) is 6.57. The summed E-state index contributed by atoms with van der Waals surface area (Å²) in [6, 6.07) is 4.47. The molecule has 0 radical (unpaired) electrons. The third-order valence-electron chi connectivity index (χ3n) is 4.10. The van der Waals surface area contributed by atoms with Crippen LogP contribution in [0.1, 0.15) is 5.69 Å². The van der Waals surface area contributed by atoms with E-state index in [9.17, 15) is 13.2 Å². The van der Waals surface area contributed by atoms with Gasteiger partial charge in [0, 0.05) is 6.07 Å². The molecule has 12 heteroatoms. The van der Waals surface area contributed by atoms with Crippen molar-refractivity contribution < 1.29 is 22.6 Å². The van der Waals surface area contributed by atoms with Crippen molar-refractivity contribution in [1.29, 1.82) is 0 Å². The van der Waals surface area contributed by atoms with Crippen LogP contribution in [0.5, 0.6) is 11.8 Å². The van der Waals surface area contributed by atoms with Gasteiger partial charge >= 0.3 is 12.6 Å². The van der Waals surface area contributed by atoms with E-state index < -0.39 is 12.8 Å². The fourth-order valence-electron chi connectivity index (χ4n) is 2.63. The molecule has 29 heavy (non-hydrogen) atoms. The van der Waals surface area contributed by atoms with Crippen LogP contribution in [0, 0.1) is 0 Å². The maximum Gasteiger partial charge on any atom is 0.387 e. The lowest BCUT2D eigenvalue weighted by molar-refractivity contribution is -0.0497. The molecule has 0 bridgehead atoms. The summed E-state index contributed by atoms with van der Waals surface area (Å²) >= 11 is 5.84. The monoisotopic (exact) mass is 426 g/mol. The molecule has 2 aromatic heterocycles. The van der Waals surface area contributed by atoms with Crippen molar-refractivity contribution in [3.63, 3.8) is 0 Å². The number of halogens is 4. The van der Waals surface area contributed by atoms with Crippen molar-refractivity contribution in [2.45, 2.75) is 19.4 Å². The number of hydrogen-bond donors (Lipinski definition) is 0. The second kappa shape index (κ2) is 8.11. The molecule has 0 spiro atoms. The van der Waals surface area contributed by atoms with Crippen molar-refractivity contribution in [1.82, 2.24) is 25.0 Å². The predicted molar refractivity (Wildman–Crippen MR) is 96.5 cm³/mol. The van der Waals surface area contributed by atoms with Gasteiger partial charge in [0.2, 0.25) is 0 Å². The normalized spacial score (nSPS) is 14.2. The Labute approximate surface area is 167 Å². The maximum atomic E-state index is 12.9. The first-order valence-electron chi connectivity index (χ1n) is 8.48. The van der Waals surface area contributed by atoms with Gasteiger partial charge in [0.05, 0.1) is 48.1 Å². The molecule has 8 nitrogen and oxygen atoms in total. The highest BCUT2D eigenvalue weighted by molar-refractivity contribution is 6.32. The largest absolute Gasteiger partial charge is 0.457 e. The summed E-state index contributed by atoms with van der Waals surface area (Å²) in [5.74, 6) is -0.165. The van der Waals surface area contributed by atoms with Gasteiger partial charge < -0.3 is 14.4 Å². The molecule has 0 N–H and O–H groups in total. The van der Waals surface area contributed by atoms with E-state index in [1.54, 1.807) is 24.7 Å². The summed E-state index contributed by atoms with van der Waals surface area (Å²) in [6.45, 7) is -2.28. The molecule has 4 rings (SSSR count). The van der Waals surface area contributed by atoms with Crippen LogP contribution in [0.15, 0.2) is 36.8 Å². The van der Waals surface area contributed by atoms with Crippen molar-refractivity contribution in [3.8, 4) is 17.4 Å². The topological polar surface area (TPSA) is 78.2 Å². The Morgan fingerprint density at radius 1 is 1.17 bits per heavy atom. The van der Waals surface area contributed by atoms with E-state index in [-0.39, 0.29) is 23.4 Å². The van der Waals surface area contributed by atoms with Crippen LogP contribution in [0.3, 0.4) is 0 Å². The first-order valence-corrected chi connectivity index (χ1v) is 8.85. The fourth-order valence-corrected chi connectivity index (χ4v) is 2.79. The average Bonchev–Trinajstić information content (AvgIpc) is 3.15. The summed E-state index contributed by atoms with van der Waals surface area (Å²) in [7, 11) is 0. The molecule has 1 saturated heterocycles. The zero-order valence-corrected chi connectivity index (χ0v) is 15.5.